The molecule has 498 valence electrons. The monoisotopic (exact) mass is 1240 g/mol. The van der Waals surface area contributed by atoms with Gasteiger partial charge < -0.3 is 33.8 Å². The molecule has 0 aromatic rings. The molecule has 0 aliphatic heterocycles. The molecule has 0 aliphatic rings. The molecule has 17 nitrogen and oxygen atoms in total. The van der Waals surface area contributed by atoms with Gasteiger partial charge in [-0.1, -0.05) is 261 Å². The Bertz CT molecular complexity index is 1680. The fraction of sp³-hybridized carbons (Fsp3) is 0.938. The number of ether oxygens (including phenoxy) is 4. The molecular weight excluding hydrogens is 1110 g/mol. The van der Waals surface area contributed by atoms with Gasteiger partial charge in [-0.05, 0) is 49.4 Å². The van der Waals surface area contributed by atoms with Crippen LogP contribution in [-0.2, 0) is 65.4 Å². The largest absolute Gasteiger partial charge is 0.472 e. The highest BCUT2D eigenvalue weighted by Crippen LogP contribution is 2.45. The zero-order valence-electron chi connectivity index (χ0n) is 54.5. The second-order valence-electron chi connectivity index (χ2n) is 24.9. The Morgan fingerprint density at radius 1 is 0.333 bits per heavy atom. The van der Waals surface area contributed by atoms with Crippen molar-refractivity contribution in [2.45, 2.75) is 331 Å². The number of phosphoric ester groups is 2. The second-order valence-corrected chi connectivity index (χ2v) is 27.8. The molecule has 0 rings (SSSR count). The van der Waals surface area contributed by atoms with Crippen molar-refractivity contribution in [1.29, 1.82) is 0 Å². The smallest absolute Gasteiger partial charge is 0.462 e. The molecule has 0 amide bonds. The molecular formula is C65H126O17P2. The number of phosphoric acid groups is 2. The van der Waals surface area contributed by atoms with E-state index in [4.69, 9.17) is 37.0 Å². The number of esters is 4. The standard InChI is InChI=1S/C65H126O17P2/c1-9-57(7)43-35-27-19-13-16-22-32-40-48-65(70)82-61(52-76-63(68)46-38-30-24-23-28-36-44-58(8)10-2)54-80-84(73,74)78-50-59(66)49-77-83(71,72)79-53-60(81-64(69)47-39-31-21-15-12-18-26-34-42-56(5)6)51-75-62(67)45-37-29-20-14-11-17-25-33-41-55(3)4/h55-61,66H,9-54H2,1-8H3,(H,71,72)(H,73,74)/t57?,58?,59?,60-,61-/m1/s1. The molecule has 0 aromatic heterocycles. The number of hydrogen-bond donors (Lipinski definition) is 3. The number of rotatable bonds is 62. The predicted molar refractivity (Wildman–Crippen MR) is 335 cm³/mol. The minimum absolute atomic E-state index is 0.103. The average molecular weight is 1240 g/mol. The first-order chi connectivity index (χ1) is 40.2. The highest BCUT2D eigenvalue weighted by atomic mass is 31.2. The summed E-state index contributed by atoms with van der Waals surface area (Å²) in [7, 11) is -9.89. The van der Waals surface area contributed by atoms with Gasteiger partial charge in [0.25, 0.3) is 0 Å². The van der Waals surface area contributed by atoms with E-state index in [0.717, 1.165) is 120 Å². The van der Waals surface area contributed by atoms with Crippen molar-refractivity contribution in [2.24, 2.45) is 23.7 Å². The lowest BCUT2D eigenvalue weighted by Crippen LogP contribution is -2.30. The van der Waals surface area contributed by atoms with Crippen molar-refractivity contribution in [2.75, 3.05) is 39.6 Å². The van der Waals surface area contributed by atoms with Crippen molar-refractivity contribution in [3.05, 3.63) is 0 Å². The molecule has 0 saturated heterocycles. The topological polar surface area (TPSA) is 237 Å². The van der Waals surface area contributed by atoms with Crippen LogP contribution in [0.15, 0.2) is 0 Å². The van der Waals surface area contributed by atoms with E-state index in [0.29, 0.717) is 25.7 Å². The van der Waals surface area contributed by atoms with Crippen LogP contribution in [-0.4, -0.2) is 96.7 Å². The molecule has 3 N–H and O–H groups in total. The highest BCUT2D eigenvalue weighted by Gasteiger charge is 2.30. The molecule has 5 unspecified atom stereocenters. The van der Waals surface area contributed by atoms with Gasteiger partial charge in [0.15, 0.2) is 12.2 Å². The van der Waals surface area contributed by atoms with Gasteiger partial charge in [0.2, 0.25) is 0 Å². The molecule has 0 aliphatic carbocycles. The average Bonchev–Trinajstić information content (AvgIpc) is 3.47. The number of hydrogen-bond acceptors (Lipinski definition) is 15. The zero-order chi connectivity index (χ0) is 62.5. The summed E-state index contributed by atoms with van der Waals surface area (Å²) >= 11 is 0. The minimum Gasteiger partial charge on any atom is -0.462 e. The quantitative estimate of drug-likeness (QED) is 0.0222. The first-order valence-electron chi connectivity index (χ1n) is 33.8. The molecule has 0 aromatic carbocycles. The summed E-state index contributed by atoms with van der Waals surface area (Å²) in [5.41, 5.74) is 0. The number of aliphatic hydroxyl groups excluding tert-OH is 1. The molecule has 7 atom stereocenters. The van der Waals surface area contributed by atoms with Crippen LogP contribution < -0.4 is 0 Å². The van der Waals surface area contributed by atoms with Crippen molar-refractivity contribution in [1.82, 2.24) is 0 Å². The van der Waals surface area contributed by atoms with Crippen molar-refractivity contribution in [3.63, 3.8) is 0 Å². The minimum atomic E-state index is -4.95. The molecule has 19 heteroatoms. The van der Waals surface area contributed by atoms with Crippen LogP contribution in [0.2, 0.25) is 0 Å². The lowest BCUT2D eigenvalue weighted by molar-refractivity contribution is -0.161. The van der Waals surface area contributed by atoms with Gasteiger partial charge in [0.05, 0.1) is 26.4 Å². The first kappa shape index (κ1) is 82.1. The van der Waals surface area contributed by atoms with Crippen LogP contribution in [0, 0.1) is 23.7 Å². The fourth-order valence-electron chi connectivity index (χ4n) is 9.54. The number of carbonyl (C=O) groups is 4. The first-order valence-corrected chi connectivity index (χ1v) is 36.8. The maximum absolute atomic E-state index is 13.0. The summed E-state index contributed by atoms with van der Waals surface area (Å²) < 4.78 is 68.0. The molecule has 84 heavy (non-hydrogen) atoms. The molecule has 0 radical (unpaired) electrons. The van der Waals surface area contributed by atoms with E-state index in [1.54, 1.807) is 0 Å². The summed E-state index contributed by atoms with van der Waals surface area (Å²) in [6.45, 7) is 14.0. The molecule has 0 spiro atoms. The van der Waals surface area contributed by atoms with Gasteiger partial charge >= 0.3 is 39.5 Å². The van der Waals surface area contributed by atoms with Crippen molar-refractivity contribution >= 4 is 39.5 Å². The van der Waals surface area contributed by atoms with Gasteiger partial charge in [-0.15, -0.1) is 0 Å². The van der Waals surface area contributed by atoms with E-state index >= 15 is 0 Å². The lowest BCUT2D eigenvalue weighted by Gasteiger charge is -2.21. The lowest BCUT2D eigenvalue weighted by atomic mass is 9.99. The van der Waals surface area contributed by atoms with E-state index in [1.165, 1.54) is 109 Å². The van der Waals surface area contributed by atoms with Crippen LogP contribution in [0.5, 0.6) is 0 Å². The summed E-state index contributed by atoms with van der Waals surface area (Å²) in [5.74, 6) is 0.805. The Balaban J connectivity index is 5.27. The summed E-state index contributed by atoms with van der Waals surface area (Å²) in [5, 5.41) is 10.5. The van der Waals surface area contributed by atoms with Crippen LogP contribution >= 0.6 is 15.6 Å². The Labute approximate surface area is 511 Å². The Morgan fingerprint density at radius 3 is 0.845 bits per heavy atom. The third-order valence-electron chi connectivity index (χ3n) is 15.5. The van der Waals surface area contributed by atoms with E-state index in [2.05, 4.69) is 55.4 Å². The van der Waals surface area contributed by atoms with E-state index in [-0.39, 0.29) is 25.7 Å². The predicted octanol–water partition coefficient (Wildman–Crippen LogP) is 17.8. The van der Waals surface area contributed by atoms with Gasteiger partial charge in [-0.25, -0.2) is 9.13 Å². The Kier molecular flexibility index (Phi) is 53.9. The molecule has 0 heterocycles. The third-order valence-corrected chi connectivity index (χ3v) is 17.4. The van der Waals surface area contributed by atoms with E-state index in [1.807, 2.05) is 0 Å². The van der Waals surface area contributed by atoms with Gasteiger partial charge in [-0.3, -0.25) is 37.3 Å². The highest BCUT2D eigenvalue weighted by molar-refractivity contribution is 7.47. The van der Waals surface area contributed by atoms with E-state index < -0.39 is 97.5 Å². The van der Waals surface area contributed by atoms with E-state index in [9.17, 15) is 43.2 Å². The number of aliphatic hydroxyl groups is 1. The molecule has 0 saturated carbocycles. The van der Waals surface area contributed by atoms with Crippen LogP contribution in [0.4, 0.5) is 0 Å². The van der Waals surface area contributed by atoms with Crippen LogP contribution in [0.1, 0.15) is 312 Å². The molecule has 0 fully saturated rings. The summed E-state index contributed by atoms with van der Waals surface area (Å²) in [4.78, 5) is 72.3. The number of unbranched alkanes of at least 4 members (excludes halogenated alkanes) is 26. The second kappa shape index (κ2) is 55.2. The zero-order valence-corrected chi connectivity index (χ0v) is 56.3. The summed E-state index contributed by atoms with van der Waals surface area (Å²) in [6.07, 6.45) is 34.9. The maximum Gasteiger partial charge on any atom is 0.472 e. The van der Waals surface area contributed by atoms with Gasteiger partial charge in [-0.2, -0.15) is 0 Å². The Hall–Kier alpha value is -1.94. The van der Waals surface area contributed by atoms with Gasteiger partial charge in [0.1, 0.15) is 19.3 Å². The van der Waals surface area contributed by atoms with Crippen molar-refractivity contribution in [3.8, 4) is 0 Å². The third kappa shape index (κ3) is 56.6. The van der Waals surface area contributed by atoms with Gasteiger partial charge in [0, 0.05) is 25.7 Å². The fourth-order valence-corrected chi connectivity index (χ4v) is 11.1. The SMILES string of the molecule is CCC(C)CCCCCCCCCCC(=O)O[C@H](COC(=O)CCCCCCCCC(C)CC)COP(=O)(O)OCC(O)COP(=O)(O)OC[C@@H](COC(=O)CCCCCCCCCCC(C)C)OC(=O)CCCCCCCCCCC(C)C. The van der Waals surface area contributed by atoms with Crippen LogP contribution in [0.3, 0.4) is 0 Å². The van der Waals surface area contributed by atoms with Crippen molar-refractivity contribution < 1.29 is 80.2 Å². The summed E-state index contributed by atoms with van der Waals surface area (Å²) in [6, 6.07) is 0. The maximum atomic E-state index is 13.0. The van der Waals surface area contributed by atoms with Crippen LogP contribution in [0.25, 0.3) is 0 Å². The Morgan fingerprint density at radius 2 is 0.571 bits per heavy atom. The molecule has 0 bridgehead atoms. The number of carbonyl (C=O) groups excluding carboxylic acids is 4. The normalized spacial score (nSPS) is 15.1.